The molecular formula is C59H33BN2OS2. The predicted molar refractivity (Wildman–Crippen MR) is 281 cm³/mol. The van der Waals surface area contributed by atoms with E-state index in [9.17, 15) is 0 Å². The van der Waals surface area contributed by atoms with Gasteiger partial charge in [0.25, 0.3) is 0 Å². The number of furan rings is 1. The van der Waals surface area contributed by atoms with E-state index in [-0.39, 0.29) is 6.85 Å². The summed E-state index contributed by atoms with van der Waals surface area (Å²) in [6, 6.07) is 68.5. The quantitative estimate of drug-likeness (QED) is 0.162. The zero-order valence-corrected chi connectivity index (χ0v) is 36.7. The summed E-state index contributed by atoms with van der Waals surface area (Å²) in [5.74, 6) is 0. The van der Waals surface area contributed by atoms with E-state index >= 15 is 0 Å². The molecule has 14 aromatic rings. The van der Waals surface area contributed by atoms with Crippen LogP contribution < -0.4 is 15.7 Å². The van der Waals surface area contributed by atoms with Crippen molar-refractivity contribution in [3.8, 4) is 27.9 Å². The van der Waals surface area contributed by atoms with Crippen molar-refractivity contribution in [2.24, 2.45) is 0 Å². The van der Waals surface area contributed by atoms with E-state index in [1.807, 2.05) is 22.7 Å². The van der Waals surface area contributed by atoms with Gasteiger partial charge < -0.3 is 13.8 Å². The number of hydrogen-bond donors (Lipinski definition) is 0. The SMILES string of the molecule is Cc1ccc(N2B3c4cc5oc6ccccc6c5cc4-n4c5ccc6ccccc6c5c5c(-c6ccc7c(c6)sc6ccccc67)cc(c3c54)-c3c2ccc2c3sc3ccccc32)cc1. The van der Waals surface area contributed by atoms with Crippen LogP contribution in [0.3, 0.4) is 0 Å². The van der Waals surface area contributed by atoms with Crippen molar-refractivity contribution in [2.75, 3.05) is 4.81 Å². The number of fused-ring (bicyclic) bond motifs is 20. The van der Waals surface area contributed by atoms with Crippen molar-refractivity contribution >= 4 is 147 Å². The maximum absolute atomic E-state index is 6.77. The zero-order chi connectivity index (χ0) is 42.2. The van der Waals surface area contributed by atoms with Gasteiger partial charge in [-0.15, -0.1) is 22.7 Å². The molecule has 0 spiro atoms. The molecule has 0 saturated carbocycles. The Morgan fingerprint density at radius 2 is 1.22 bits per heavy atom. The molecule has 0 unspecified atom stereocenters. The van der Waals surface area contributed by atoms with E-state index in [0.717, 1.165) is 21.9 Å². The van der Waals surface area contributed by atoms with Gasteiger partial charge in [0.15, 0.2) is 0 Å². The van der Waals surface area contributed by atoms with Gasteiger partial charge in [-0.25, -0.2) is 0 Å². The van der Waals surface area contributed by atoms with Crippen LogP contribution in [0.2, 0.25) is 0 Å². The molecule has 0 aliphatic carbocycles. The van der Waals surface area contributed by atoms with Crippen LogP contribution in [0.1, 0.15) is 5.56 Å². The Labute approximate surface area is 380 Å². The second kappa shape index (κ2) is 12.3. The van der Waals surface area contributed by atoms with Gasteiger partial charge in [0.05, 0.1) is 11.0 Å². The molecular weight excluding hydrogens is 828 g/mol. The molecule has 0 bridgehead atoms. The van der Waals surface area contributed by atoms with Crippen molar-refractivity contribution in [1.29, 1.82) is 0 Å². The molecule has 6 heteroatoms. The summed E-state index contributed by atoms with van der Waals surface area (Å²) in [5.41, 5.74) is 16.8. The van der Waals surface area contributed by atoms with Crippen LogP contribution in [0, 0.1) is 6.92 Å². The molecule has 2 aliphatic heterocycles. The fourth-order valence-electron chi connectivity index (χ4n) is 11.8. The number of hydrogen-bond acceptors (Lipinski definition) is 4. The minimum Gasteiger partial charge on any atom is -0.456 e. The zero-order valence-electron chi connectivity index (χ0n) is 35.0. The lowest BCUT2D eigenvalue weighted by Crippen LogP contribution is -2.60. The Hall–Kier alpha value is -7.64. The standard InChI is InChI=1S/C59H33BN2OS2/c1-32-18-22-35(23-19-32)62-47-27-25-41-39-14-6-9-17-52(39)65-59(41)55(47)44-29-42(34-20-24-40-38-13-5-8-16-51(38)64-53(40)28-34)56-54-36-11-3-2-10-33(36)21-26-46(54)61-48-30-43-37-12-4-7-15-49(37)63-50(43)31-45(48)60(62)57(44)58(56)61/h2-31H,1H3. The topological polar surface area (TPSA) is 21.3 Å². The summed E-state index contributed by atoms with van der Waals surface area (Å²) in [6.45, 7) is 2.03. The average Bonchev–Trinajstić information content (AvgIpc) is 4.12. The van der Waals surface area contributed by atoms with E-state index < -0.39 is 0 Å². The largest absolute Gasteiger partial charge is 0.456 e. The molecule has 4 aromatic heterocycles. The minimum absolute atomic E-state index is 0.149. The van der Waals surface area contributed by atoms with E-state index in [2.05, 4.69) is 198 Å². The van der Waals surface area contributed by atoms with E-state index in [0.29, 0.717) is 0 Å². The number of thiophene rings is 2. The van der Waals surface area contributed by atoms with Gasteiger partial charge in [0.2, 0.25) is 0 Å². The second-order valence-electron chi connectivity index (χ2n) is 18.0. The first kappa shape index (κ1) is 34.8. The first-order valence-electron chi connectivity index (χ1n) is 22.4. The minimum atomic E-state index is -0.149. The highest BCUT2D eigenvalue weighted by Crippen LogP contribution is 2.53. The van der Waals surface area contributed by atoms with Crippen LogP contribution in [0.25, 0.3) is 123 Å². The lowest BCUT2D eigenvalue weighted by molar-refractivity contribution is 0.669. The maximum Gasteiger partial charge on any atom is 0.333 e. The lowest BCUT2D eigenvalue weighted by atomic mass is 9.43. The number of aryl methyl sites for hydroxylation is 1. The molecule has 0 atom stereocenters. The molecule has 0 fully saturated rings. The van der Waals surface area contributed by atoms with Crippen LogP contribution in [0.5, 0.6) is 0 Å². The Morgan fingerprint density at radius 3 is 2.08 bits per heavy atom. The molecule has 65 heavy (non-hydrogen) atoms. The van der Waals surface area contributed by atoms with Gasteiger partial charge in [0.1, 0.15) is 11.2 Å². The van der Waals surface area contributed by atoms with Gasteiger partial charge in [-0.1, -0.05) is 121 Å². The van der Waals surface area contributed by atoms with Gasteiger partial charge >= 0.3 is 6.85 Å². The maximum atomic E-state index is 6.77. The number of aromatic nitrogens is 1. The Bertz CT molecular complexity index is 4450. The van der Waals surface area contributed by atoms with Crippen molar-refractivity contribution in [3.63, 3.8) is 0 Å². The van der Waals surface area contributed by atoms with Gasteiger partial charge in [-0.05, 0) is 112 Å². The van der Waals surface area contributed by atoms with Crippen molar-refractivity contribution in [3.05, 3.63) is 188 Å². The van der Waals surface area contributed by atoms with Crippen LogP contribution in [-0.4, -0.2) is 11.4 Å². The Kier molecular flexibility index (Phi) is 6.60. The van der Waals surface area contributed by atoms with Crippen LogP contribution >= 0.6 is 22.7 Å². The molecule has 0 amide bonds. The molecule has 300 valence electrons. The average molecular weight is 861 g/mol. The summed E-state index contributed by atoms with van der Waals surface area (Å²) >= 11 is 3.82. The smallest absolute Gasteiger partial charge is 0.333 e. The molecule has 10 aromatic carbocycles. The molecule has 0 saturated heterocycles. The summed E-state index contributed by atoms with van der Waals surface area (Å²) in [7, 11) is 0. The van der Waals surface area contributed by atoms with Gasteiger partial charge in [0, 0.05) is 84.5 Å². The van der Waals surface area contributed by atoms with Gasteiger partial charge in [-0.2, -0.15) is 0 Å². The Balaban J connectivity index is 1.15. The first-order valence-corrected chi connectivity index (χ1v) is 24.0. The normalized spacial score (nSPS) is 13.2. The molecule has 16 rings (SSSR count). The summed E-state index contributed by atoms with van der Waals surface area (Å²) in [5, 5.41) is 12.6. The molecule has 2 aliphatic rings. The van der Waals surface area contributed by atoms with E-state index in [1.54, 1.807) is 0 Å². The monoisotopic (exact) mass is 860 g/mol. The number of nitrogens with zero attached hydrogens (tertiary/aromatic N) is 2. The summed E-state index contributed by atoms with van der Waals surface area (Å²) in [4.78, 5) is 2.65. The second-order valence-corrected chi connectivity index (χ2v) is 20.1. The van der Waals surface area contributed by atoms with E-state index in [4.69, 9.17) is 4.42 Å². The van der Waals surface area contributed by atoms with Crippen molar-refractivity contribution in [1.82, 2.24) is 4.57 Å². The van der Waals surface area contributed by atoms with E-state index in [1.165, 1.54) is 129 Å². The third kappa shape index (κ3) is 4.46. The number of rotatable bonds is 2. The third-order valence-electron chi connectivity index (χ3n) is 14.6. The fourth-order valence-corrected chi connectivity index (χ4v) is 14.2. The molecule has 3 nitrogen and oxygen atoms in total. The predicted octanol–water partition coefficient (Wildman–Crippen LogP) is 15.8. The highest BCUT2D eigenvalue weighted by molar-refractivity contribution is 7.26. The number of para-hydroxylation sites is 1. The lowest BCUT2D eigenvalue weighted by Gasteiger charge is -2.42. The number of anilines is 2. The molecule has 6 heterocycles. The highest BCUT2D eigenvalue weighted by atomic mass is 32.1. The van der Waals surface area contributed by atoms with Crippen LogP contribution in [0.4, 0.5) is 11.4 Å². The van der Waals surface area contributed by atoms with Gasteiger partial charge in [-0.3, -0.25) is 0 Å². The van der Waals surface area contributed by atoms with Crippen LogP contribution in [0.15, 0.2) is 186 Å². The van der Waals surface area contributed by atoms with Crippen molar-refractivity contribution < 1.29 is 4.42 Å². The first-order chi connectivity index (χ1) is 32.1. The summed E-state index contributed by atoms with van der Waals surface area (Å²) < 4.78 is 14.7. The van der Waals surface area contributed by atoms with Crippen LogP contribution in [-0.2, 0) is 0 Å². The molecule has 0 radical (unpaired) electrons. The third-order valence-corrected chi connectivity index (χ3v) is 16.9. The van der Waals surface area contributed by atoms with Crippen molar-refractivity contribution in [2.45, 2.75) is 6.92 Å². The fraction of sp³-hybridized carbons (Fsp3) is 0.0169. The summed E-state index contributed by atoms with van der Waals surface area (Å²) in [6.07, 6.45) is 0. The molecule has 0 N–H and O–H groups in total. The number of benzene rings is 10. The highest BCUT2D eigenvalue weighted by Gasteiger charge is 2.46. The Morgan fingerprint density at radius 1 is 0.492 bits per heavy atom.